The fraction of sp³-hybridized carbons (Fsp3) is 0.508. The van der Waals surface area contributed by atoms with Crippen LogP contribution in [0.25, 0.3) is 0 Å². The van der Waals surface area contributed by atoms with E-state index in [1.54, 1.807) is 14.2 Å². The summed E-state index contributed by atoms with van der Waals surface area (Å²) in [6.07, 6.45) is 0. The van der Waals surface area contributed by atoms with Gasteiger partial charge in [0, 0.05) is 63.7 Å². The number of aryl methyl sites for hydroxylation is 7. The van der Waals surface area contributed by atoms with Crippen LogP contribution in [0.1, 0.15) is 157 Å². The zero-order chi connectivity index (χ0) is 54.8. The number of hydrogen-bond acceptors (Lipinski definition) is 5. The largest absolute Gasteiger partial charge is 1.00 e. The van der Waals surface area contributed by atoms with E-state index in [9.17, 15) is 0 Å². The van der Waals surface area contributed by atoms with Gasteiger partial charge in [-0.3, -0.25) is 0 Å². The van der Waals surface area contributed by atoms with Gasteiger partial charge in [-0.2, -0.15) is 0 Å². The van der Waals surface area contributed by atoms with Crippen molar-refractivity contribution >= 4 is 48.8 Å². The Bertz CT molecular complexity index is 2190. The summed E-state index contributed by atoms with van der Waals surface area (Å²) < 4.78 is 11.4. The van der Waals surface area contributed by atoms with Crippen LogP contribution in [0.4, 0.5) is 17.1 Å². The van der Waals surface area contributed by atoms with E-state index in [0.29, 0.717) is 25.8 Å². The van der Waals surface area contributed by atoms with E-state index in [2.05, 4.69) is 217 Å². The molecule has 5 nitrogen and oxygen atoms in total. The molecule has 5 aromatic carbocycles. The molecule has 0 bridgehead atoms. The Kier molecular flexibility index (Phi) is 37.1. The summed E-state index contributed by atoms with van der Waals surface area (Å²) in [5.74, 6) is 1.79. The van der Waals surface area contributed by atoms with E-state index in [1.807, 2.05) is 80.6 Å². The number of benzene rings is 5. The molecular formula is C63H103BrKN2O3P2Pd+3. The second kappa shape index (κ2) is 34.6. The predicted octanol–water partition coefficient (Wildman–Crippen LogP) is 16.8. The van der Waals surface area contributed by atoms with Gasteiger partial charge in [0.2, 0.25) is 0 Å². The molecule has 0 aliphatic carbocycles. The number of anilines is 3. The Morgan fingerprint density at radius 1 is 0.452 bits per heavy atom. The maximum atomic E-state index is 5.59. The summed E-state index contributed by atoms with van der Waals surface area (Å²) in [4.78, 5) is 0. The van der Waals surface area contributed by atoms with Crippen molar-refractivity contribution in [1.82, 2.24) is 0 Å². The quantitative estimate of drug-likeness (QED) is 0.0792. The van der Waals surface area contributed by atoms with Crippen LogP contribution in [0.3, 0.4) is 0 Å². The van der Waals surface area contributed by atoms with Crippen molar-refractivity contribution in [2.24, 2.45) is 0 Å². The van der Waals surface area contributed by atoms with Gasteiger partial charge >= 0.3 is 51.4 Å². The Morgan fingerprint density at radius 2 is 0.795 bits per heavy atom. The first-order valence-electron chi connectivity index (χ1n) is 24.9. The standard InChI is InChI=1S/C16H19NO.C12H27P.C12H26P.C8H9BrO.C8H11N.C7H8.K.H2O.Pd/c1-11-5-7-15(12(2)9-11)17-16-8-6-14(18-4)10-13(16)3;2*1-10(2,3)13(11(4,5)6)12(7,8)9;1-6-5-7(10-2)3-4-8(6)9;1-6-3-4-8(9)7(2)5-6;1-7-5-3-2-4-6-7;;;/h5-10,17H,1-4H3;1-9H3;1H2,2-9H3;3-5H,1-2H3;3-5H,9H2,1-2H3;2-6H,1H3;;1H2;/q;;+1;;;;+1;;/p+1. The molecule has 0 unspecified atom stereocenters. The summed E-state index contributed by atoms with van der Waals surface area (Å²) in [6.45, 7) is 59.2. The monoisotopic (exact) mass is 1220 g/mol. The van der Waals surface area contributed by atoms with E-state index in [-0.39, 0.29) is 82.4 Å². The van der Waals surface area contributed by atoms with Crippen molar-refractivity contribution in [3.05, 3.63) is 153 Å². The molecule has 4 N–H and O–H groups in total. The minimum Gasteiger partial charge on any atom is -0.870 e. The second-order valence-electron chi connectivity index (χ2n) is 24.6. The number of nitrogen functional groups attached to an aromatic ring is 1. The van der Waals surface area contributed by atoms with Crippen LogP contribution in [-0.4, -0.2) is 50.6 Å². The fourth-order valence-electron chi connectivity index (χ4n) is 10.6. The molecule has 0 amide bonds. The number of nitrogens with two attached hydrogens (primary N) is 1. The predicted molar refractivity (Wildman–Crippen MR) is 331 cm³/mol. The maximum absolute atomic E-state index is 5.59. The van der Waals surface area contributed by atoms with E-state index < -0.39 is 15.8 Å². The number of hydrogen-bond donors (Lipinski definition) is 2. The van der Waals surface area contributed by atoms with Crippen LogP contribution in [0.2, 0.25) is 0 Å². The Hall–Kier alpha value is -1.23. The fourth-order valence-corrected chi connectivity index (χ4v) is 23.9. The Labute approximate surface area is 517 Å². The molecule has 0 fully saturated rings. The first kappa shape index (κ1) is 78.3. The van der Waals surface area contributed by atoms with E-state index in [0.717, 1.165) is 38.6 Å². The molecule has 5 aromatic rings. The normalized spacial score (nSPS) is 11.2. The average Bonchev–Trinajstić information content (AvgIpc) is 3.17. The van der Waals surface area contributed by atoms with Crippen molar-refractivity contribution in [2.75, 3.05) is 25.3 Å². The number of ether oxygens (including phenoxy) is 2. The van der Waals surface area contributed by atoms with Crippen molar-refractivity contribution in [3.63, 3.8) is 0 Å². The van der Waals surface area contributed by atoms with Gasteiger partial charge < -0.3 is 26.0 Å². The average molecular weight is 1220 g/mol. The number of rotatable bonds is 5. The molecule has 0 atom stereocenters. The molecule has 0 heterocycles. The first-order chi connectivity index (χ1) is 31.7. The van der Waals surface area contributed by atoms with E-state index in [1.165, 1.54) is 33.4 Å². The van der Waals surface area contributed by atoms with Crippen LogP contribution in [-0.2, 0) is 20.4 Å². The maximum Gasteiger partial charge on any atom is 1.00 e. The van der Waals surface area contributed by atoms with Crippen molar-refractivity contribution in [3.8, 4) is 11.5 Å². The number of halogens is 1. The smallest absolute Gasteiger partial charge is 0.870 e. The summed E-state index contributed by atoms with van der Waals surface area (Å²) in [5, 5.41) is 6.01. The number of methoxy groups -OCH3 is 2. The van der Waals surface area contributed by atoms with Crippen LogP contribution < -0.4 is 71.9 Å². The zero-order valence-electron chi connectivity index (χ0n) is 51.1. The minimum absolute atomic E-state index is 0. The van der Waals surface area contributed by atoms with Crippen molar-refractivity contribution < 1.29 is 86.8 Å². The molecule has 0 aromatic heterocycles. The van der Waals surface area contributed by atoms with Gasteiger partial charge in [0.15, 0.2) is 5.16 Å². The third-order valence-corrected chi connectivity index (χ3v) is 21.0. The molecule has 5 rings (SSSR count). The molecular weight excluding hydrogens is 1120 g/mol. The molecule has 0 radical (unpaired) electrons. The Balaban J connectivity index is -0.000000397. The van der Waals surface area contributed by atoms with Gasteiger partial charge in [-0.15, -0.1) is 0 Å². The minimum atomic E-state index is -0.502. The van der Waals surface area contributed by atoms with Crippen LogP contribution in [0, 0.1) is 55.4 Å². The Morgan fingerprint density at radius 3 is 1.05 bits per heavy atom. The van der Waals surface area contributed by atoms with Crippen LogP contribution >= 0.6 is 31.8 Å². The SMILES string of the molecule is CC(C)(C)[PH+](C(C)(C)C)C(C)(C)C.COc1ccc(Br)c(C)c1.COc1ccc(Nc2ccc(C)cc2C)c(C)c1.Cc1ccc(N)c(C)c1.Cc1ccccc1.[CH2+]C(C)(C)[PH+](C(C)(C)C)C(C)(C)C.[K+].[OH-].[Pd]. The van der Waals surface area contributed by atoms with Crippen molar-refractivity contribution in [2.45, 2.75) is 197 Å². The third kappa shape index (κ3) is 31.7. The van der Waals surface area contributed by atoms with E-state index in [4.69, 9.17) is 15.2 Å². The number of nitrogens with one attached hydrogen (secondary N) is 1. The van der Waals surface area contributed by atoms with Gasteiger partial charge in [0.25, 0.3) is 0 Å². The molecule has 0 aliphatic rings. The van der Waals surface area contributed by atoms with Crippen molar-refractivity contribution in [1.29, 1.82) is 0 Å². The van der Waals surface area contributed by atoms with Gasteiger partial charge in [0.1, 0.15) is 18.4 Å². The van der Waals surface area contributed by atoms with Crippen LogP contribution in [0.15, 0.2) is 108 Å². The summed E-state index contributed by atoms with van der Waals surface area (Å²) in [7, 11) is 2.46. The molecule has 0 saturated heterocycles. The van der Waals surface area contributed by atoms with E-state index >= 15 is 0 Å². The zero-order valence-corrected chi connectivity index (χ0v) is 59.3. The third-order valence-electron chi connectivity index (χ3n) is 11.2. The van der Waals surface area contributed by atoms with Gasteiger partial charge in [-0.05, 0) is 223 Å². The molecule has 408 valence electrons. The molecule has 73 heavy (non-hydrogen) atoms. The van der Waals surface area contributed by atoms with Gasteiger partial charge in [-0.1, -0.05) is 87.2 Å². The molecule has 0 saturated carbocycles. The first-order valence-corrected chi connectivity index (χ1v) is 28.7. The van der Waals surface area contributed by atoms with Gasteiger partial charge in [-0.25, -0.2) is 0 Å². The van der Waals surface area contributed by atoms with Crippen LogP contribution in [0.5, 0.6) is 11.5 Å². The summed E-state index contributed by atoms with van der Waals surface area (Å²) in [5.41, 5.74) is 17.4. The van der Waals surface area contributed by atoms with Gasteiger partial charge in [0.05, 0.1) is 47.9 Å². The molecule has 0 aliphatic heterocycles. The summed E-state index contributed by atoms with van der Waals surface area (Å²) in [6, 6.07) is 34.7. The topological polar surface area (TPSA) is 86.5 Å². The molecule has 10 heteroatoms. The molecule has 0 spiro atoms. The second-order valence-corrected chi connectivity index (χ2v) is 35.8. The summed E-state index contributed by atoms with van der Waals surface area (Å²) >= 11 is 3.40.